The van der Waals surface area contributed by atoms with E-state index in [9.17, 15) is 0 Å². The molecule has 1 aliphatic carbocycles. The number of ether oxygens (including phenoxy) is 1. The largest absolute Gasteiger partial charge is 0.370 e. The van der Waals surface area contributed by atoms with Gasteiger partial charge in [-0.2, -0.15) is 0 Å². The lowest BCUT2D eigenvalue weighted by Gasteiger charge is -2.16. The zero-order chi connectivity index (χ0) is 12.4. The maximum absolute atomic E-state index is 6.06. The van der Waals surface area contributed by atoms with Crippen LogP contribution >= 0.6 is 11.6 Å². The van der Waals surface area contributed by atoms with Gasteiger partial charge in [-0.05, 0) is 37.7 Å². The van der Waals surface area contributed by atoms with Gasteiger partial charge in [0.25, 0.3) is 0 Å². The molecule has 0 aromatic carbocycles. The molecule has 1 aromatic heterocycles. The van der Waals surface area contributed by atoms with Crippen LogP contribution in [-0.2, 0) is 4.74 Å². The van der Waals surface area contributed by atoms with Gasteiger partial charge in [-0.15, -0.1) is 0 Å². The molecule has 0 bridgehead atoms. The lowest BCUT2D eigenvalue weighted by Crippen LogP contribution is -2.12. The third-order valence-electron chi connectivity index (χ3n) is 2.97. The Balaban J connectivity index is 2.28. The Hall–Kier alpha value is -0.670. The van der Waals surface area contributed by atoms with Crippen molar-refractivity contribution in [2.24, 2.45) is 5.92 Å². The van der Waals surface area contributed by atoms with E-state index < -0.39 is 0 Å². The van der Waals surface area contributed by atoms with Gasteiger partial charge >= 0.3 is 0 Å². The van der Waals surface area contributed by atoms with Gasteiger partial charge in [0, 0.05) is 12.3 Å². The highest BCUT2D eigenvalue weighted by atomic mass is 35.5. The van der Waals surface area contributed by atoms with Crippen molar-refractivity contribution in [2.75, 3.05) is 6.61 Å². The van der Waals surface area contributed by atoms with E-state index in [2.05, 4.69) is 23.8 Å². The monoisotopic (exact) mass is 254 g/mol. The first-order chi connectivity index (χ1) is 8.11. The number of hydrogen-bond acceptors (Lipinski definition) is 3. The predicted molar refractivity (Wildman–Crippen MR) is 68.2 cm³/mol. The van der Waals surface area contributed by atoms with E-state index in [0.717, 1.165) is 11.5 Å². The molecule has 1 heterocycles. The van der Waals surface area contributed by atoms with E-state index in [1.54, 1.807) is 0 Å². The summed E-state index contributed by atoms with van der Waals surface area (Å²) in [5, 5.41) is 0.518. The SMILES string of the molecule is CCOC(c1nc(Cl)cc(C(C)C)n1)C1CC1. The van der Waals surface area contributed by atoms with Gasteiger partial charge < -0.3 is 4.74 Å². The van der Waals surface area contributed by atoms with Crippen molar-refractivity contribution >= 4 is 11.6 Å². The second-order valence-electron chi connectivity index (χ2n) is 4.84. The van der Waals surface area contributed by atoms with Gasteiger partial charge in [0.1, 0.15) is 11.3 Å². The molecule has 0 radical (unpaired) electrons. The average molecular weight is 255 g/mol. The fourth-order valence-corrected chi connectivity index (χ4v) is 2.07. The van der Waals surface area contributed by atoms with Gasteiger partial charge in [-0.3, -0.25) is 0 Å². The van der Waals surface area contributed by atoms with E-state index in [4.69, 9.17) is 16.3 Å². The number of halogens is 1. The third kappa shape index (κ3) is 3.17. The third-order valence-corrected chi connectivity index (χ3v) is 3.17. The van der Waals surface area contributed by atoms with Gasteiger partial charge in [0.15, 0.2) is 5.82 Å². The average Bonchev–Trinajstić information content (AvgIpc) is 3.08. The molecule has 1 atom stereocenters. The zero-order valence-corrected chi connectivity index (χ0v) is 11.4. The summed E-state index contributed by atoms with van der Waals surface area (Å²) in [6.45, 7) is 6.90. The Morgan fingerprint density at radius 3 is 2.65 bits per heavy atom. The van der Waals surface area contributed by atoms with Crippen LogP contribution in [0.2, 0.25) is 5.15 Å². The molecule has 0 aliphatic heterocycles. The molecule has 1 aliphatic rings. The van der Waals surface area contributed by atoms with E-state index in [-0.39, 0.29) is 6.10 Å². The molecule has 0 spiro atoms. The maximum Gasteiger partial charge on any atom is 0.159 e. The van der Waals surface area contributed by atoms with E-state index in [1.165, 1.54) is 12.8 Å². The van der Waals surface area contributed by atoms with Crippen molar-refractivity contribution in [3.8, 4) is 0 Å². The smallest absolute Gasteiger partial charge is 0.159 e. The first-order valence-electron chi connectivity index (χ1n) is 6.27. The van der Waals surface area contributed by atoms with E-state index in [0.29, 0.717) is 23.6 Å². The molecule has 1 aromatic rings. The number of nitrogens with zero attached hydrogens (tertiary/aromatic N) is 2. The van der Waals surface area contributed by atoms with Crippen LogP contribution in [0, 0.1) is 5.92 Å². The maximum atomic E-state index is 6.06. The lowest BCUT2D eigenvalue weighted by molar-refractivity contribution is 0.0398. The highest BCUT2D eigenvalue weighted by Gasteiger charge is 2.35. The number of rotatable bonds is 5. The highest BCUT2D eigenvalue weighted by Crippen LogP contribution is 2.42. The summed E-state index contributed by atoms with van der Waals surface area (Å²) in [6, 6.07) is 1.84. The van der Waals surface area contributed by atoms with E-state index >= 15 is 0 Å². The van der Waals surface area contributed by atoms with Gasteiger partial charge in [0.05, 0.1) is 0 Å². The summed E-state index contributed by atoms with van der Waals surface area (Å²) in [6.07, 6.45) is 2.44. The number of hydrogen-bond donors (Lipinski definition) is 0. The van der Waals surface area contributed by atoms with Crippen LogP contribution in [0.25, 0.3) is 0 Å². The second kappa shape index (κ2) is 5.32. The predicted octanol–water partition coefficient (Wildman–Crippen LogP) is 3.74. The Morgan fingerprint density at radius 1 is 1.41 bits per heavy atom. The van der Waals surface area contributed by atoms with Crippen LogP contribution in [0.3, 0.4) is 0 Å². The van der Waals surface area contributed by atoms with Crippen molar-refractivity contribution in [1.29, 1.82) is 0 Å². The van der Waals surface area contributed by atoms with Crippen LogP contribution in [0.5, 0.6) is 0 Å². The summed E-state index contributed by atoms with van der Waals surface area (Å²) >= 11 is 6.06. The van der Waals surface area contributed by atoms with Gasteiger partial charge in [-0.25, -0.2) is 9.97 Å². The molecule has 0 N–H and O–H groups in total. The Labute approximate surface area is 108 Å². The molecule has 1 fully saturated rings. The first kappa shape index (κ1) is 12.8. The van der Waals surface area contributed by atoms with Crippen molar-refractivity contribution < 1.29 is 4.74 Å². The van der Waals surface area contributed by atoms with Crippen molar-refractivity contribution in [2.45, 2.75) is 45.6 Å². The summed E-state index contributed by atoms with van der Waals surface area (Å²) in [5.41, 5.74) is 0.991. The fraction of sp³-hybridized carbons (Fsp3) is 0.692. The fourth-order valence-electron chi connectivity index (χ4n) is 1.88. The molecule has 2 rings (SSSR count). The molecule has 17 heavy (non-hydrogen) atoms. The van der Waals surface area contributed by atoms with Crippen LogP contribution in [-0.4, -0.2) is 16.6 Å². The topological polar surface area (TPSA) is 35.0 Å². The van der Waals surface area contributed by atoms with Crippen molar-refractivity contribution in [3.63, 3.8) is 0 Å². The second-order valence-corrected chi connectivity index (χ2v) is 5.23. The summed E-state index contributed by atoms with van der Waals surface area (Å²) < 4.78 is 5.76. The molecular weight excluding hydrogens is 236 g/mol. The highest BCUT2D eigenvalue weighted by molar-refractivity contribution is 6.29. The molecule has 3 nitrogen and oxygen atoms in total. The standard InChI is InChI=1S/C13H19ClN2O/c1-4-17-12(9-5-6-9)13-15-10(8(2)3)7-11(14)16-13/h7-9,12H,4-6H2,1-3H3. The molecule has 0 amide bonds. The first-order valence-corrected chi connectivity index (χ1v) is 6.65. The van der Waals surface area contributed by atoms with Crippen LogP contribution < -0.4 is 0 Å². The minimum Gasteiger partial charge on any atom is -0.370 e. The summed E-state index contributed by atoms with van der Waals surface area (Å²) in [4.78, 5) is 8.92. The molecule has 4 heteroatoms. The Bertz CT molecular complexity index is 391. The molecule has 1 unspecified atom stereocenters. The molecule has 94 valence electrons. The van der Waals surface area contributed by atoms with Crippen LogP contribution in [0.4, 0.5) is 0 Å². The Kier molecular flexibility index (Phi) is 4.00. The van der Waals surface area contributed by atoms with Crippen molar-refractivity contribution in [3.05, 3.63) is 22.7 Å². The minimum absolute atomic E-state index is 0.0243. The van der Waals surface area contributed by atoms with Crippen molar-refractivity contribution in [1.82, 2.24) is 9.97 Å². The van der Waals surface area contributed by atoms with Crippen LogP contribution in [0.1, 0.15) is 57.2 Å². The van der Waals surface area contributed by atoms with E-state index in [1.807, 2.05) is 13.0 Å². The normalized spacial score (nSPS) is 17.5. The molecule has 1 saturated carbocycles. The number of aromatic nitrogens is 2. The lowest BCUT2D eigenvalue weighted by atomic mass is 10.1. The molecule has 0 saturated heterocycles. The summed E-state index contributed by atoms with van der Waals surface area (Å²) in [7, 11) is 0. The van der Waals surface area contributed by atoms with Crippen LogP contribution in [0.15, 0.2) is 6.07 Å². The minimum atomic E-state index is 0.0243. The van der Waals surface area contributed by atoms with Gasteiger partial charge in [0.2, 0.25) is 0 Å². The molecular formula is C13H19ClN2O. The zero-order valence-electron chi connectivity index (χ0n) is 10.6. The summed E-state index contributed by atoms with van der Waals surface area (Å²) in [5.74, 6) is 1.69. The van der Waals surface area contributed by atoms with Gasteiger partial charge in [-0.1, -0.05) is 25.4 Å². The Morgan fingerprint density at radius 2 is 2.12 bits per heavy atom. The quantitative estimate of drug-likeness (QED) is 0.751.